The van der Waals surface area contributed by atoms with Gasteiger partial charge in [-0.05, 0) is 58.8 Å². The Morgan fingerprint density at radius 1 is 1.26 bits per heavy atom. The Hall–Kier alpha value is -0.160. The average molecular weight is 269 g/mol. The molecule has 0 spiro atoms. The summed E-state index contributed by atoms with van der Waals surface area (Å²) in [5.41, 5.74) is 0. The van der Waals surface area contributed by atoms with E-state index in [0.717, 1.165) is 25.4 Å². The highest BCUT2D eigenvalue weighted by atomic mass is 16.3. The molecule has 2 rings (SSSR count). The van der Waals surface area contributed by atoms with Crippen molar-refractivity contribution in [1.29, 1.82) is 0 Å². The van der Waals surface area contributed by atoms with E-state index in [4.69, 9.17) is 0 Å². The zero-order valence-electron chi connectivity index (χ0n) is 12.6. The number of nitrogens with one attached hydrogen (secondary N) is 1. The molecule has 0 aromatic carbocycles. The summed E-state index contributed by atoms with van der Waals surface area (Å²) in [5.74, 6) is 0.774. The van der Waals surface area contributed by atoms with Gasteiger partial charge in [0.15, 0.2) is 0 Å². The average Bonchev–Trinajstić information content (AvgIpc) is 2.40. The summed E-state index contributed by atoms with van der Waals surface area (Å²) in [5, 5.41) is 12.9. The number of hydrogen-bond acceptors (Lipinski definition) is 4. The minimum atomic E-state index is 0.333. The van der Waals surface area contributed by atoms with Crippen LogP contribution in [0, 0.1) is 5.92 Å². The molecule has 2 N–H and O–H groups in total. The first-order valence-corrected chi connectivity index (χ1v) is 7.94. The molecule has 3 unspecified atom stereocenters. The lowest BCUT2D eigenvalue weighted by molar-refractivity contribution is 0.0277. The molecule has 0 aliphatic carbocycles. The third kappa shape index (κ3) is 4.15. The smallest absolute Gasteiger partial charge is 0.0445 e. The topological polar surface area (TPSA) is 38.7 Å². The third-order valence-electron chi connectivity index (χ3n) is 4.75. The predicted octanol–water partition coefficient (Wildman–Crippen LogP) is 0.763. The maximum absolute atomic E-state index is 9.30. The van der Waals surface area contributed by atoms with Gasteiger partial charge in [0.1, 0.15) is 0 Å². The Labute approximate surface area is 118 Å². The van der Waals surface area contributed by atoms with Gasteiger partial charge in [-0.1, -0.05) is 6.42 Å². The summed E-state index contributed by atoms with van der Waals surface area (Å²) in [4.78, 5) is 5.04. The number of rotatable bonds is 5. The minimum Gasteiger partial charge on any atom is -0.396 e. The van der Waals surface area contributed by atoms with E-state index < -0.39 is 0 Å². The Morgan fingerprint density at radius 3 is 2.84 bits per heavy atom. The van der Waals surface area contributed by atoms with Crippen molar-refractivity contribution in [3.63, 3.8) is 0 Å². The van der Waals surface area contributed by atoms with Crippen molar-refractivity contribution in [1.82, 2.24) is 15.1 Å². The van der Waals surface area contributed by atoms with Crippen LogP contribution in [0.3, 0.4) is 0 Å². The van der Waals surface area contributed by atoms with Crippen molar-refractivity contribution >= 4 is 0 Å². The molecule has 2 aliphatic rings. The monoisotopic (exact) mass is 269 g/mol. The Balaban J connectivity index is 2.01. The van der Waals surface area contributed by atoms with Crippen molar-refractivity contribution in [2.24, 2.45) is 5.92 Å². The maximum Gasteiger partial charge on any atom is 0.0445 e. The van der Waals surface area contributed by atoms with Gasteiger partial charge in [-0.15, -0.1) is 0 Å². The summed E-state index contributed by atoms with van der Waals surface area (Å²) >= 11 is 0. The van der Waals surface area contributed by atoms with Gasteiger partial charge in [0, 0.05) is 31.8 Å². The predicted molar refractivity (Wildman–Crippen MR) is 79.4 cm³/mol. The van der Waals surface area contributed by atoms with Crippen LogP contribution in [0.5, 0.6) is 0 Å². The Kier molecular flexibility index (Phi) is 6.07. The zero-order chi connectivity index (χ0) is 13.7. The number of likely N-dealkylation sites (tertiary alicyclic amines) is 1. The first-order chi connectivity index (χ1) is 9.22. The summed E-state index contributed by atoms with van der Waals surface area (Å²) in [6.45, 7) is 5.03. The number of aliphatic hydroxyl groups excluding tert-OH is 1. The SMILES string of the molecule is CN(C)CC1CCNCC1N1CCCCC1CCO. The second-order valence-electron chi connectivity index (χ2n) is 6.48. The highest BCUT2D eigenvalue weighted by Crippen LogP contribution is 2.27. The Bertz CT molecular complexity index is 258. The number of nitrogens with zero attached hydrogens (tertiary/aromatic N) is 2. The number of aliphatic hydroxyl groups is 1. The third-order valence-corrected chi connectivity index (χ3v) is 4.75. The van der Waals surface area contributed by atoms with Crippen LogP contribution in [0.2, 0.25) is 0 Å². The van der Waals surface area contributed by atoms with Crippen molar-refractivity contribution in [2.75, 3.05) is 46.9 Å². The second-order valence-corrected chi connectivity index (χ2v) is 6.48. The summed E-state index contributed by atoms with van der Waals surface area (Å²) in [7, 11) is 4.36. The molecule has 2 heterocycles. The molecule has 0 aromatic heterocycles. The van der Waals surface area contributed by atoms with Crippen LogP contribution in [0.1, 0.15) is 32.1 Å². The van der Waals surface area contributed by atoms with E-state index in [9.17, 15) is 5.11 Å². The molecule has 0 bridgehead atoms. The number of piperidine rings is 2. The van der Waals surface area contributed by atoms with Gasteiger partial charge < -0.3 is 15.3 Å². The van der Waals surface area contributed by atoms with E-state index >= 15 is 0 Å². The first kappa shape index (κ1) is 15.2. The van der Waals surface area contributed by atoms with Crippen LogP contribution in [-0.2, 0) is 0 Å². The van der Waals surface area contributed by atoms with Crippen LogP contribution >= 0.6 is 0 Å². The van der Waals surface area contributed by atoms with E-state index in [1.54, 1.807) is 0 Å². The van der Waals surface area contributed by atoms with E-state index in [1.165, 1.54) is 38.8 Å². The molecule has 4 nitrogen and oxygen atoms in total. The largest absolute Gasteiger partial charge is 0.396 e. The van der Waals surface area contributed by atoms with Gasteiger partial charge in [-0.3, -0.25) is 4.90 Å². The fourth-order valence-corrected chi connectivity index (χ4v) is 3.89. The van der Waals surface area contributed by atoms with Gasteiger partial charge in [-0.25, -0.2) is 0 Å². The molecule has 3 atom stereocenters. The molecule has 4 heteroatoms. The lowest BCUT2D eigenvalue weighted by atomic mass is 9.87. The molecular weight excluding hydrogens is 238 g/mol. The van der Waals surface area contributed by atoms with Gasteiger partial charge >= 0.3 is 0 Å². The quantitative estimate of drug-likeness (QED) is 0.773. The molecule has 2 saturated heterocycles. The van der Waals surface area contributed by atoms with Gasteiger partial charge in [0.25, 0.3) is 0 Å². The molecular formula is C15H31N3O. The minimum absolute atomic E-state index is 0.333. The Morgan fingerprint density at radius 2 is 2.11 bits per heavy atom. The lowest BCUT2D eigenvalue weighted by Crippen LogP contribution is -2.57. The van der Waals surface area contributed by atoms with Crippen LogP contribution in [0.4, 0.5) is 0 Å². The van der Waals surface area contributed by atoms with Crippen molar-refractivity contribution in [2.45, 2.75) is 44.2 Å². The van der Waals surface area contributed by atoms with Crippen LogP contribution in [0.25, 0.3) is 0 Å². The van der Waals surface area contributed by atoms with Crippen molar-refractivity contribution in [3.8, 4) is 0 Å². The normalized spacial score (nSPS) is 33.8. The van der Waals surface area contributed by atoms with E-state index in [-0.39, 0.29) is 0 Å². The fourth-order valence-electron chi connectivity index (χ4n) is 3.89. The van der Waals surface area contributed by atoms with E-state index in [2.05, 4.69) is 29.2 Å². The van der Waals surface area contributed by atoms with Crippen molar-refractivity contribution in [3.05, 3.63) is 0 Å². The van der Waals surface area contributed by atoms with E-state index in [1.807, 2.05) is 0 Å². The van der Waals surface area contributed by atoms with Crippen LogP contribution in [0.15, 0.2) is 0 Å². The highest BCUT2D eigenvalue weighted by molar-refractivity contribution is 4.91. The first-order valence-electron chi connectivity index (χ1n) is 7.94. The molecule has 19 heavy (non-hydrogen) atoms. The highest BCUT2D eigenvalue weighted by Gasteiger charge is 2.35. The van der Waals surface area contributed by atoms with Gasteiger partial charge in [0.05, 0.1) is 0 Å². The van der Waals surface area contributed by atoms with Crippen molar-refractivity contribution < 1.29 is 5.11 Å². The molecule has 0 aromatic rings. The van der Waals surface area contributed by atoms with Crippen LogP contribution in [-0.4, -0.2) is 73.9 Å². The molecule has 0 amide bonds. The van der Waals surface area contributed by atoms with E-state index in [0.29, 0.717) is 18.7 Å². The summed E-state index contributed by atoms with van der Waals surface area (Å²) in [6, 6.07) is 1.27. The standard InChI is InChI=1S/C15H31N3O/c1-17(2)12-13-6-8-16-11-15(13)18-9-4-3-5-14(18)7-10-19/h13-16,19H,3-12H2,1-2H3. The number of hydrogen-bond donors (Lipinski definition) is 2. The maximum atomic E-state index is 9.30. The molecule has 2 aliphatic heterocycles. The second kappa shape index (κ2) is 7.58. The van der Waals surface area contributed by atoms with Gasteiger partial charge in [0.2, 0.25) is 0 Å². The molecule has 2 fully saturated rings. The molecule has 0 saturated carbocycles. The van der Waals surface area contributed by atoms with Gasteiger partial charge in [-0.2, -0.15) is 0 Å². The fraction of sp³-hybridized carbons (Fsp3) is 1.00. The summed E-state index contributed by atoms with van der Waals surface area (Å²) < 4.78 is 0. The lowest BCUT2D eigenvalue weighted by Gasteiger charge is -2.47. The molecule has 112 valence electrons. The zero-order valence-corrected chi connectivity index (χ0v) is 12.6. The summed E-state index contributed by atoms with van der Waals surface area (Å²) in [6.07, 6.45) is 6.16. The molecule has 0 radical (unpaired) electrons. The van der Waals surface area contributed by atoms with Crippen LogP contribution < -0.4 is 5.32 Å².